The number of halogens is 1. The summed E-state index contributed by atoms with van der Waals surface area (Å²) in [5.74, 6) is 1.53. The molecule has 1 amide bonds. The fourth-order valence-corrected chi connectivity index (χ4v) is 4.86. The highest BCUT2D eigenvalue weighted by atomic mass is 35.5. The Morgan fingerprint density at radius 3 is 2.77 bits per heavy atom. The number of benzene rings is 1. The van der Waals surface area contributed by atoms with Crippen LogP contribution >= 0.6 is 34.7 Å². The molecule has 0 unspecified atom stereocenters. The van der Waals surface area contributed by atoms with E-state index in [0.717, 1.165) is 34.0 Å². The molecule has 0 radical (unpaired) electrons. The van der Waals surface area contributed by atoms with Crippen LogP contribution in [-0.2, 0) is 4.79 Å². The molecule has 134 valence electrons. The summed E-state index contributed by atoms with van der Waals surface area (Å²) in [6, 6.07) is 9.68. The van der Waals surface area contributed by atoms with Crippen molar-refractivity contribution in [2.45, 2.75) is 4.90 Å². The van der Waals surface area contributed by atoms with Crippen molar-refractivity contribution in [3.05, 3.63) is 47.1 Å². The van der Waals surface area contributed by atoms with E-state index in [-0.39, 0.29) is 5.91 Å². The summed E-state index contributed by atoms with van der Waals surface area (Å²) >= 11 is 9.27. The molecule has 2 aromatic heterocycles. The molecule has 1 fully saturated rings. The molecule has 0 saturated carbocycles. The van der Waals surface area contributed by atoms with E-state index in [1.807, 2.05) is 34.5 Å². The Hall–Kier alpha value is -1.83. The third-order valence-corrected chi connectivity index (χ3v) is 6.68. The van der Waals surface area contributed by atoms with E-state index in [9.17, 15) is 4.79 Å². The molecule has 4 rings (SSSR count). The zero-order valence-corrected chi connectivity index (χ0v) is 16.4. The summed E-state index contributed by atoms with van der Waals surface area (Å²) in [4.78, 5) is 27.4. The number of fused-ring (bicyclic) bond motifs is 1. The number of rotatable bonds is 4. The largest absolute Gasteiger partial charge is 0.352 e. The number of nitrogens with zero attached hydrogens (tertiary/aromatic N) is 4. The van der Waals surface area contributed by atoms with Crippen LogP contribution in [0.4, 0.5) is 5.82 Å². The van der Waals surface area contributed by atoms with Crippen LogP contribution in [0.3, 0.4) is 0 Å². The van der Waals surface area contributed by atoms with Crippen molar-refractivity contribution in [3.63, 3.8) is 0 Å². The van der Waals surface area contributed by atoms with Gasteiger partial charge in [-0.15, -0.1) is 23.1 Å². The normalized spacial score (nSPS) is 14.8. The molecule has 3 heterocycles. The zero-order valence-electron chi connectivity index (χ0n) is 14.0. The third kappa shape index (κ3) is 3.65. The van der Waals surface area contributed by atoms with Crippen LogP contribution in [0.15, 0.2) is 46.9 Å². The van der Waals surface area contributed by atoms with Crippen LogP contribution < -0.4 is 4.90 Å². The lowest BCUT2D eigenvalue weighted by Gasteiger charge is -2.35. The van der Waals surface area contributed by atoms with Gasteiger partial charge < -0.3 is 9.80 Å². The molecular formula is C18H17ClN4OS2. The lowest BCUT2D eigenvalue weighted by molar-refractivity contribution is -0.128. The summed E-state index contributed by atoms with van der Waals surface area (Å²) in [6.07, 6.45) is 1.62. The molecule has 0 N–H and O–H groups in total. The molecule has 0 spiro atoms. The van der Waals surface area contributed by atoms with Crippen LogP contribution in [0.25, 0.3) is 10.2 Å². The maximum atomic E-state index is 12.5. The second-order valence-corrected chi connectivity index (χ2v) is 8.24. The molecule has 26 heavy (non-hydrogen) atoms. The fourth-order valence-electron chi connectivity index (χ4n) is 2.99. The van der Waals surface area contributed by atoms with E-state index < -0.39 is 0 Å². The lowest BCUT2D eigenvalue weighted by Crippen LogP contribution is -2.49. The first kappa shape index (κ1) is 17.6. The molecule has 5 nitrogen and oxygen atoms in total. The Morgan fingerprint density at radius 2 is 1.96 bits per heavy atom. The van der Waals surface area contributed by atoms with Crippen molar-refractivity contribution in [2.24, 2.45) is 0 Å². The quantitative estimate of drug-likeness (QED) is 0.619. The molecule has 0 atom stereocenters. The van der Waals surface area contributed by atoms with Gasteiger partial charge in [0.1, 0.15) is 17.0 Å². The van der Waals surface area contributed by atoms with Gasteiger partial charge in [-0.05, 0) is 23.6 Å². The van der Waals surface area contributed by atoms with Gasteiger partial charge in [-0.1, -0.05) is 23.7 Å². The predicted molar refractivity (Wildman–Crippen MR) is 108 cm³/mol. The number of piperazine rings is 1. The minimum Gasteiger partial charge on any atom is -0.352 e. The second kappa shape index (κ2) is 7.82. The number of aromatic nitrogens is 2. The topological polar surface area (TPSA) is 49.3 Å². The summed E-state index contributed by atoms with van der Waals surface area (Å²) in [5.41, 5.74) is 0. The number of hydrogen-bond donors (Lipinski definition) is 0. The Labute approximate surface area is 165 Å². The predicted octanol–water partition coefficient (Wildman–Crippen LogP) is 3.79. The molecule has 1 aliphatic rings. The monoisotopic (exact) mass is 404 g/mol. The number of carbonyl (C=O) groups excluding carboxylic acids is 1. The van der Waals surface area contributed by atoms with Gasteiger partial charge in [-0.2, -0.15) is 0 Å². The number of carbonyl (C=O) groups is 1. The maximum Gasteiger partial charge on any atom is 0.233 e. The van der Waals surface area contributed by atoms with Crippen molar-refractivity contribution < 1.29 is 4.79 Å². The third-order valence-electron chi connectivity index (χ3n) is 4.36. The SMILES string of the molecule is O=C(CSc1ccccc1Cl)N1CCN(c2ncnc3sccc23)CC1. The van der Waals surface area contributed by atoms with E-state index in [4.69, 9.17) is 11.6 Å². The Bertz CT molecular complexity index is 924. The highest BCUT2D eigenvalue weighted by Gasteiger charge is 2.23. The number of thiophene rings is 1. The van der Waals surface area contributed by atoms with E-state index in [2.05, 4.69) is 20.9 Å². The molecule has 1 saturated heterocycles. The summed E-state index contributed by atoms with van der Waals surface area (Å²) in [7, 11) is 0. The molecule has 3 aromatic rings. The number of thioether (sulfide) groups is 1. The van der Waals surface area contributed by atoms with Gasteiger partial charge in [-0.25, -0.2) is 9.97 Å². The minimum atomic E-state index is 0.151. The molecule has 0 aliphatic carbocycles. The molecule has 1 aromatic carbocycles. The van der Waals surface area contributed by atoms with E-state index >= 15 is 0 Å². The van der Waals surface area contributed by atoms with Gasteiger partial charge in [0.05, 0.1) is 16.2 Å². The maximum absolute atomic E-state index is 12.5. The van der Waals surface area contributed by atoms with Crippen molar-refractivity contribution in [1.82, 2.24) is 14.9 Å². The number of amides is 1. The fraction of sp³-hybridized carbons (Fsp3) is 0.278. The standard InChI is InChI=1S/C18H17ClN4OS2/c19-14-3-1-2-4-15(14)26-11-16(24)22-6-8-23(9-7-22)17-13-5-10-25-18(13)21-12-20-17/h1-5,10,12H,6-9,11H2. The molecule has 0 bridgehead atoms. The second-order valence-electron chi connectivity index (χ2n) is 5.92. The minimum absolute atomic E-state index is 0.151. The number of hydrogen-bond acceptors (Lipinski definition) is 6. The zero-order chi connectivity index (χ0) is 17.9. The first-order chi connectivity index (χ1) is 12.7. The first-order valence-electron chi connectivity index (χ1n) is 8.30. The molecule has 8 heteroatoms. The van der Waals surface area contributed by atoms with E-state index in [1.54, 1.807) is 17.7 Å². The van der Waals surface area contributed by atoms with Crippen LogP contribution in [0.1, 0.15) is 0 Å². The lowest BCUT2D eigenvalue weighted by atomic mass is 10.2. The molecular weight excluding hydrogens is 388 g/mol. The van der Waals surface area contributed by atoms with Crippen LogP contribution in [0, 0.1) is 0 Å². The van der Waals surface area contributed by atoms with Crippen molar-refractivity contribution in [1.29, 1.82) is 0 Å². The van der Waals surface area contributed by atoms with Gasteiger partial charge >= 0.3 is 0 Å². The average Bonchev–Trinajstić information content (AvgIpc) is 3.16. The van der Waals surface area contributed by atoms with Crippen LogP contribution in [-0.4, -0.2) is 52.7 Å². The van der Waals surface area contributed by atoms with E-state index in [1.165, 1.54) is 11.8 Å². The molecule has 1 aliphatic heterocycles. The Morgan fingerprint density at radius 1 is 1.15 bits per heavy atom. The van der Waals surface area contributed by atoms with Crippen LogP contribution in [0.5, 0.6) is 0 Å². The average molecular weight is 405 g/mol. The smallest absolute Gasteiger partial charge is 0.233 e. The van der Waals surface area contributed by atoms with Gasteiger partial charge in [-0.3, -0.25) is 4.79 Å². The van der Waals surface area contributed by atoms with Crippen LogP contribution in [0.2, 0.25) is 5.02 Å². The Kier molecular flexibility index (Phi) is 5.28. The first-order valence-corrected chi connectivity index (χ1v) is 10.5. The van der Waals surface area contributed by atoms with Crippen molar-refractivity contribution >= 4 is 56.6 Å². The highest BCUT2D eigenvalue weighted by molar-refractivity contribution is 8.00. The summed E-state index contributed by atoms with van der Waals surface area (Å²) < 4.78 is 0. The number of anilines is 1. The van der Waals surface area contributed by atoms with Gasteiger partial charge in [0, 0.05) is 31.1 Å². The highest BCUT2D eigenvalue weighted by Crippen LogP contribution is 2.28. The summed E-state index contributed by atoms with van der Waals surface area (Å²) in [6.45, 7) is 2.98. The van der Waals surface area contributed by atoms with Crippen molar-refractivity contribution in [2.75, 3.05) is 36.8 Å². The van der Waals surface area contributed by atoms with Crippen molar-refractivity contribution in [3.8, 4) is 0 Å². The van der Waals surface area contributed by atoms with E-state index in [0.29, 0.717) is 23.9 Å². The van der Waals surface area contributed by atoms with Gasteiger partial charge in [0.25, 0.3) is 0 Å². The summed E-state index contributed by atoms with van der Waals surface area (Å²) in [5, 5.41) is 3.82. The Balaban J connectivity index is 1.35. The van der Waals surface area contributed by atoms with Gasteiger partial charge in [0.2, 0.25) is 5.91 Å². The van der Waals surface area contributed by atoms with Gasteiger partial charge in [0.15, 0.2) is 0 Å².